The van der Waals surface area contributed by atoms with Gasteiger partial charge in [0.25, 0.3) is 0 Å². The number of hydrogen-bond donors (Lipinski definition) is 0. The molecule has 0 spiro atoms. The lowest BCUT2D eigenvalue weighted by Gasteiger charge is -2.24. The van der Waals surface area contributed by atoms with E-state index in [1.807, 2.05) is 54.6 Å². The van der Waals surface area contributed by atoms with Crippen LogP contribution in [0.5, 0.6) is 5.75 Å². The summed E-state index contributed by atoms with van der Waals surface area (Å²) in [5.41, 5.74) is 1.82. The molecule has 0 aliphatic carbocycles. The zero-order valence-electron chi connectivity index (χ0n) is 14.3. The fraction of sp³-hybridized carbons (Fsp3) is 0.300. The summed E-state index contributed by atoms with van der Waals surface area (Å²) in [5.74, 6) is -0.136. The van der Waals surface area contributed by atoms with Crippen LogP contribution in [0.2, 0.25) is 0 Å². The highest BCUT2D eigenvalue weighted by Gasteiger charge is 2.40. The SMILES string of the molecule is COc1ccccc1C(C)C(=O)N1C(=O)OCC1Cc1ccccc1. The maximum atomic E-state index is 13.0. The van der Waals surface area contributed by atoms with Gasteiger partial charge < -0.3 is 9.47 Å². The van der Waals surface area contributed by atoms with Crippen molar-refractivity contribution in [2.24, 2.45) is 0 Å². The third kappa shape index (κ3) is 3.50. The average Bonchev–Trinajstić information content (AvgIpc) is 3.01. The summed E-state index contributed by atoms with van der Waals surface area (Å²) in [6, 6.07) is 16.8. The number of benzene rings is 2. The predicted molar refractivity (Wildman–Crippen MR) is 93.5 cm³/mol. The van der Waals surface area contributed by atoms with Crippen molar-refractivity contribution < 1.29 is 19.1 Å². The first kappa shape index (κ1) is 17.0. The largest absolute Gasteiger partial charge is 0.496 e. The van der Waals surface area contributed by atoms with Crippen molar-refractivity contribution in [1.29, 1.82) is 0 Å². The Balaban J connectivity index is 1.82. The predicted octanol–water partition coefficient (Wildman–Crippen LogP) is 3.39. The summed E-state index contributed by atoms with van der Waals surface area (Å²) in [7, 11) is 1.57. The quantitative estimate of drug-likeness (QED) is 0.838. The lowest BCUT2D eigenvalue weighted by Crippen LogP contribution is -2.42. The van der Waals surface area contributed by atoms with Crippen molar-refractivity contribution in [3.8, 4) is 5.75 Å². The number of cyclic esters (lactones) is 1. The van der Waals surface area contributed by atoms with E-state index < -0.39 is 12.0 Å². The van der Waals surface area contributed by atoms with Crippen LogP contribution in [-0.4, -0.2) is 36.7 Å². The van der Waals surface area contributed by atoms with Gasteiger partial charge >= 0.3 is 6.09 Å². The molecule has 3 rings (SSSR count). The van der Waals surface area contributed by atoms with Crippen molar-refractivity contribution in [1.82, 2.24) is 4.90 Å². The molecule has 0 N–H and O–H groups in total. The number of imide groups is 1. The Hall–Kier alpha value is -2.82. The highest BCUT2D eigenvalue weighted by atomic mass is 16.6. The second-order valence-corrected chi connectivity index (χ2v) is 6.09. The third-order valence-corrected chi connectivity index (χ3v) is 4.49. The fourth-order valence-corrected chi connectivity index (χ4v) is 3.13. The second-order valence-electron chi connectivity index (χ2n) is 6.09. The van der Waals surface area contributed by atoms with Crippen LogP contribution in [0.1, 0.15) is 24.0 Å². The smallest absolute Gasteiger partial charge is 0.417 e. The molecule has 2 unspecified atom stereocenters. The lowest BCUT2D eigenvalue weighted by atomic mass is 9.97. The van der Waals surface area contributed by atoms with Gasteiger partial charge in [0.2, 0.25) is 5.91 Å². The molecule has 2 aromatic carbocycles. The van der Waals surface area contributed by atoms with Gasteiger partial charge in [0.15, 0.2) is 0 Å². The number of para-hydroxylation sites is 1. The Bertz CT molecular complexity index is 759. The van der Waals surface area contributed by atoms with Gasteiger partial charge in [-0.2, -0.15) is 0 Å². The maximum absolute atomic E-state index is 13.0. The Labute approximate surface area is 147 Å². The van der Waals surface area contributed by atoms with Crippen molar-refractivity contribution in [2.75, 3.05) is 13.7 Å². The molecule has 5 nitrogen and oxygen atoms in total. The van der Waals surface area contributed by atoms with Crippen LogP contribution in [0.25, 0.3) is 0 Å². The van der Waals surface area contributed by atoms with E-state index in [0.29, 0.717) is 12.2 Å². The van der Waals surface area contributed by atoms with Crippen molar-refractivity contribution in [2.45, 2.75) is 25.3 Å². The highest BCUT2D eigenvalue weighted by molar-refractivity contribution is 5.97. The first-order valence-electron chi connectivity index (χ1n) is 8.28. The monoisotopic (exact) mass is 339 g/mol. The van der Waals surface area contributed by atoms with Gasteiger partial charge in [-0.1, -0.05) is 48.5 Å². The molecule has 0 saturated carbocycles. The number of amides is 2. The summed E-state index contributed by atoms with van der Waals surface area (Å²) in [4.78, 5) is 26.4. The normalized spacial score (nSPS) is 17.9. The number of ether oxygens (including phenoxy) is 2. The van der Waals surface area contributed by atoms with Crippen LogP contribution < -0.4 is 4.74 Å². The topological polar surface area (TPSA) is 55.8 Å². The van der Waals surface area contributed by atoms with E-state index in [9.17, 15) is 9.59 Å². The van der Waals surface area contributed by atoms with E-state index >= 15 is 0 Å². The van der Waals surface area contributed by atoms with Crippen LogP contribution in [0.3, 0.4) is 0 Å². The molecule has 2 aromatic rings. The summed E-state index contributed by atoms with van der Waals surface area (Å²) in [5, 5.41) is 0. The van der Waals surface area contributed by atoms with Crippen LogP contribution in [0.15, 0.2) is 54.6 Å². The number of methoxy groups -OCH3 is 1. The summed E-state index contributed by atoms with van der Waals surface area (Å²) in [6.07, 6.45) is 0.00410. The van der Waals surface area contributed by atoms with E-state index in [2.05, 4.69) is 0 Å². The Morgan fingerprint density at radius 3 is 2.60 bits per heavy atom. The number of carbonyl (C=O) groups is 2. The van der Waals surface area contributed by atoms with Gasteiger partial charge in [0, 0.05) is 5.56 Å². The van der Waals surface area contributed by atoms with Gasteiger partial charge in [0.05, 0.1) is 19.1 Å². The standard InChI is InChI=1S/C20H21NO4/c1-14(17-10-6-7-11-18(17)24-2)19(22)21-16(13-25-20(21)23)12-15-8-4-3-5-9-15/h3-11,14,16H,12-13H2,1-2H3. The molecular weight excluding hydrogens is 318 g/mol. The third-order valence-electron chi connectivity index (χ3n) is 4.49. The molecule has 0 radical (unpaired) electrons. The van der Waals surface area contributed by atoms with E-state index in [0.717, 1.165) is 11.1 Å². The molecule has 0 bridgehead atoms. The van der Waals surface area contributed by atoms with Gasteiger partial charge in [-0.25, -0.2) is 9.69 Å². The van der Waals surface area contributed by atoms with Crippen LogP contribution >= 0.6 is 0 Å². The molecule has 1 aliphatic rings. The minimum absolute atomic E-state index is 0.220. The first-order chi connectivity index (χ1) is 12.1. The number of carbonyl (C=O) groups excluding carboxylic acids is 2. The Morgan fingerprint density at radius 1 is 1.20 bits per heavy atom. The molecule has 2 atom stereocenters. The molecule has 0 aromatic heterocycles. The highest BCUT2D eigenvalue weighted by Crippen LogP contribution is 2.30. The molecule has 5 heteroatoms. The Morgan fingerprint density at radius 2 is 1.88 bits per heavy atom. The van der Waals surface area contributed by atoms with Gasteiger partial charge in [-0.15, -0.1) is 0 Å². The first-order valence-corrected chi connectivity index (χ1v) is 8.28. The van der Waals surface area contributed by atoms with E-state index in [-0.39, 0.29) is 18.6 Å². The minimum atomic E-state index is -0.576. The van der Waals surface area contributed by atoms with Gasteiger partial charge in [0.1, 0.15) is 12.4 Å². The number of nitrogens with zero attached hydrogens (tertiary/aromatic N) is 1. The zero-order valence-corrected chi connectivity index (χ0v) is 14.3. The van der Waals surface area contributed by atoms with E-state index in [1.54, 1.807) is 14.0 Å². The van der Waals surface area contributed by atoms with Crippen molar-refractivity contribution >= 4 is 12.0 Å². The number of rotatable bonds is 5. The summed E-state index contributed by atoms with van der Waals surface area (Å²) in [6.45, 7) is 2.00. The van der Waals surface area contributed by atoms with Gasteiger partial charge in [-0.05, 0) is 25.0 Å². The molecular formula is C20H21NO4. The summed E-state index contributed by atoms with van der Waals surface area (Å²) >= 11 is 0. The fourth-order valence-electron chi connectivity index (χ4n) is 3.13. The molecule has 2 amide bonds. The Kier molecular flexibility index (Phi) is 5.03. The second kappa shape index (κ2) is 7.38. The van der Waals surface area contributed by atoms with Crippen LogP contribution in [-0.2, 0) is 16.0 Å². The van der Waals surface area contributed by atoms with Crippen molar-refractivity contribution in [3.05, 3.63) is 65.7 Å². The molecule has 1 aliphatic heterocycles. The summed E-state index contributed by atoms with van der Waals surface area (Å²) < 4.78 is 10.5. The molecule has 25 heavy (non-hydrogen) atoms. The zero-order chi connectivity index (χ0) is 17.8. The molecule has 1 heterocycles. The lowest BCUT2D eigenvalue weighted by molar-refractivity contribution is -0.130. The molecule has 130 valence electrons. The molecule has 1 fully saturated rings. The number of hydrogen-bond acceptors (Lipinski definition) is 4. The molecule has 1 saturated heterocycles. The van der Waals surface area contributed by atoms with Crippen LogP contribution in [0.4, 0.5) is 4.79 Å². The van der Waals surface area contributed by atoms with Crippen molar-refractivity contribution in [3.63, 3.8) is 0 Å². The van der Waals surface area contributed by atoms with Gasteiger partial charge in [-0.3, -0.25) is 4.79 Å². The van der Waals surface area contributed by atoms with E-state index in [4.69, 9.17) is 9.47 Å². The minimum Gasteiger partial charge on any atom is -0.496 e. The van der Waals surface area contributed by atoms with Crippen LogP contribution in [0, 0.1) is 0 Å². The average molecular weight is 339 g/mol. The maximum Gasteiger partial charge on any atom is 0.417 e. The van der Waals surface area contributed by atoms with E-state index in [1.165, 1.54) is 4.90 Å².